The monoisotopic (exact) mass is 425 g/mol. The van der Waals surface area contributed by atoms with Crippen LogP contribution < -0.4 is 10.6 Å². The summed E-state index contributed by atoms with van der Waals surface area (Å²) in [4.78, 5) is 39.8. The van der Waals surface area contributed by atoms with Gasteiger partial charge in [-0.25, -0.2) is 0 Å². The Hall–Kier alpha value is -2.84. The number of nitrogens with one attached hydrogen (secondary N) is 2. The van der Waals surface area contributed by atoms with Gasteiger partial charge in [0, 0.05) is 11.3 Å². The van der Waals surface area contributed by atoms with Crippen molar-refractivity contribution in [2.24, 2.45) is 0 Å². The molecule has 2 aliphatic rings. The molecule has 30 heavy (non-hydrogen) atoms. The summed E-state index contributed by atoms with van der Waals surface area (Å²) in [6.07, 6.45) is 0. The van der Waals surface area contributed by atoms with Crippen LogP contribution in [0.15, 0.2) is 54.6 Å². The Kier molecular flexibility index (Phi) is 5.78. The zero-order chi connectivity index (χ0) is 21.3. The maximum absolute atomic E-state index is 12.9. The molecule has 8 heteroatoms. The van der Waals surface area contributed by atoms with Crippen molar-refractivity contribution in [1.82, 2.24) is 15.5 Å². The highest BCUT2D eigenvalue weighted by Crippen LogP contribution is 2.48. The average molecular weight is 426 g/mol. The van der Waals surface area contributed by atoms with Gasteiger partial charge in [-0.15, -0.1) is 11.8 Å². The molecule has 0 radical (unpaired) electrons. The number of hydrogen-bond acceptors (Lipinski definition) is 5. The molecule has 0 aliphatic carbocycles. The predicted molar refractivity (Wildman–Crippen MR) is 114 cm³/mol. The highest BCUT2D eigenvalue weighted by atomic mass is 32.2. The number of hydrogen-bond donors (Lipinski definition) is 3. The van der Waals surface area contributed by atoms with Gasteiger partial charge in [-0.1, -0.05) is 48.5 Å². The molecule has 0 saturated carbocycles. The summed E-state index contributed by atoms with van der Waals surface area (Å²) in [6, 6.07) is 14.6. The molecular weight excluding hydrogens is 402 g/mol. The summed E-state index contributed by atoms with van der Waals surface area (Å²) in [5.74, 6) is -0.422. The molecule has 4 atom stereocenters. The fraction of sp³-hybridized carbons (Fsp3) is 0.318. The number of carbonyl (C=O) groups is 3. The van der Waals surface area contributed by atoms with Gasteiger partial charge in [-0.05, 0) is 24.1 Å². The summed E-state index contributed by atoms with van der Waals surface area (Å²) in [7, 11) is 0. The van der Waals surface area contributed by atoms with Crippen molar-refractivity contribution in [2.45, 2.75) is 30.4 Å². The van der Waals surface area contributed by atoms with E-state index >= 15 is 0 Å². The van der Waals surface area contributed by atoms with Gasteiger partial charge in [0.15, 0.2) is 0 Å². The molecule has 0 bridgehead atoms. The Morgan fingerprint density at radius 1 is 1.13 bits per heavy atom. The lowest BCUT2D eigenvalue weighted by Crippen LogP contribution is -2.52. The summed E-state index contributed by atoms with van der Waals surface area (Å²) in [5.41, 5.74) is 2.34. The SMILES string of the molecule is CC(NC(=O)C1CSC2c3ccccc3C(=O)N12)C(=O)NC(CO)c1ccccc1. The third-order valence-corrected chi connectivity index (χ3v) is 6.75. The number of aliphatic hydroxyl groups excluding tert-OH is 1. The van der Waals surface area contributed by atoms with Gasteiger partial charge in [0.2, 0.25) is 11.8 Å². The van der Waals surface area contributed by atoms with Gasteiger partial charge in [0.1, 0.15) is 17.5 Å². The number of rotatable bonds is 6. The van der Waals surface area contributed by atoms with Crippen molar-refractivity contribution in [2.75, 3.05) is 12.4 Å². The average Bonchev–Trinajstić information content (AvgIpc) is 3.32. The molecule has 3 amide bonds. The van der Waals surface area contributed by atoms with E-state index in [4.69, 9.17) is 0 Å². The third-order valence-electron chi connectivity index (χ3n) is 5.45. The van der Waals surface area contributed by atoms with Crippen LogP contribution in [0.4, 0.5) is 0 Å². The highest BCUT2D eigenvalue weighted by molar-refractivity contribution is 7.99. The summed E-state index contributed by atoms with van der Waals surface area (Å²) >= 11 is 1.55. The second kappa shape index (κ2) is 8.49. The lowest BCUT2D eigenvalue weighted by atomic mass is 10.1. The molecule has 0 spiro atoms. The van der Waals surface area contributed by atoms with Crippen LogP contribution in [-0.4, -0.2) is 52.2 Å². The largest absolute Gasteiger partial charge is 0.394 e. The van der Waals surface area contributed by atoms with Gasteiger partial charge in [-0.2, -0.15) is 0 Å². The number of thioether (sulfide) groups is 1. The second-order valence-corrected chi connectivity index (χ2v) is 8.50. The van der Waals surface area contributed by atoms with Crippen LogP contribution in [0.2, 0.25) is 0 Å². The first kappa shape index (κ1) is 20.4. The quantitative estimate of drug-likeness (QED) is 0.653. The van der Waals surface area contributed by atoms with Gasteiger partial charge < -0.3 is 20.6 Å². The minimum Gasteiger partial charge on any atom is -0.394 e. The first-order chi connectivity index (χ1) is 14.5. The maximum atomic E-state index is 12.9. The fourth-order valence-electron chi connectivity index (χ4n) is 3.83. The molecule has 2 aromatic carbocycles. The molecule has 3 N–H and O–H groups in total. The molecule has 2 heterocycles. The summed E-state index contributed by atoms with van der Waals surface area (Å²) in [6.45, 7) is 1.34. The molecule has 4 unspecified atom stereocenters. The molecule has 2 aliphatic heterocycles. The molecule has 1 saturated heterocycles. The van der Waals surface area contributed by atoms with Crippen molar-refractivity contribution < 1.29 is 19.5 Å². The Morgan fingerprint density at radius 2 is 1.83 bits per heavy atom. The van der Waals surface area contributed by atoms with Crippen molar-refractivity contribution in [3.8, 4) is 0 Å². The van der Waals surface area contributed by atoms with E-state index in [9.17, 15) is 19.5 Å². The van der Waals surface area contributed by atoms with Crippen molar-refractivity contribution in [3.05, 3.63) is 71.3 Å². The molecule has 1 fully saturated rings. The maximum Gasteiger partial charge on any atom is 0.256 e. The van der Waals surface area contributed by atoms with E-state index in [2.05, 4.69) is 10.6 Å². The highest BCUT2D eigenvalue weighted by Gasteiger charge is 2.48. The van der Waals surface area contributed by atoms with Crippen LogP contribution >= 0.6 is 11.8 Å². The van der Waals surface area contributed by atoms with Crippen LogP contribution in [0, 0.1) is 0 Å². The Bertz CT molecular complexity index is 968. The number of amides is 3. The van der Waals surface area contributed by atoms with E-state index in [0.717, 1.165) is 11.1 Å². The van der Waals surface area contributed by atoms with E-state index in [1.54, 1.807) is 29.7 Å². The number of nitrogens with zero attached hydrogens (tertiary/aromatic N) is 1. The molecule has 0 aromatic heterocycles. The number of carbonyl (C=O) groups excluding carboxylic acids is 3. The van der Waals surface area contributed by atoms with Gasteiger partial charge in [-0.3, -0.25) is 14.4 Å². The van der Waals surface area contributed by atoms with Crippen molar-refractivity contribution in [3.63, 3.8) is 0 Å². The molecule has 7 nitrogen and oxygen atoms in total. The van der Waals surface area contributed by atoms with Gasteiger partial charge >= 0.3 is 0 Å². The van der Waals surface area contributed by atoms with Crippen LogP contribution in [0.25, 0.3) is 0 Å². The fourth-order valence-corrected chi connectivity index (χ4v) is 5.30. The van der Waals surface area contributed by atoms with Crippen molar-refractivity contribution >= 4 is 29.5 Å². The lowest BCUT2D eigenvalue weighted by Gasteiger charge is -2.25. The lowest BCUT2D eigenvalue weighted by molar-refractivity contribution is -0.131. The van der Waals surface area contributed by atoms with E-state index in [1.807, 2.05) is 48.5 Å². The molecular formula is C22H23N3O4S. The predicted octanol–water partition coefficient (Wildman–Crippen LogP) is 1.61. The zero-order valence-corrected chi connectivity index (χ0v) is 17.3. The molecule has 2 aromatic rings. The Labute approximate surface area is 178 Å². The van der Waals surface area contributed by atoms with Crippen LogP contribution in [0.1, 0.15) is 39.8 Å². The molecule has 156 valence electrons. The Morgan fingerprint density at radius 3 is 2.57 bits per heavy atom. The second-order valence-electron chi connectivity index (χ2n) is 7.39. The third kappa shape index (κ3) is 3.68. The van der Waals surface area contributed by atoms with E-state index < -0.39 is 24.0 Å². The first-order valence-corrected chi connectivity index (χ1v) is 10.9. The van der Waals surface area contributed by atoms with Crippen LogP contribution in [-0.2, 0) is 9.59 Å². The molecule has 4 rings (SSSR count). The number of benzene rings is 2. The summed E-state index contributed by atoms with van der Waals surface area (Å²) < 4.78 is 0. The Balaban J connectivity index is 1.39. The van der Waals surface area contributed by atoms with Crippen molar-refractivity contribution in [1.29, 1.82) is 0 Å². The van der Waals surface area contributed by atoms with Gasteiger partial charge in [0.05, 0.1) is 12.6 Å². The zero-order valence-electron chi connectivity index (χ0n) is 16.4. The van der Waals surface area contributed by atoms with E-state index in [0.29, 0.717) is 11.3 Å². The minimum absolute atomic E-state index is 0.151. The summed E-state index contributed by atoms with van der Waals surface area (Å²) in [5, 5.41) is 15.0. The standard InChI is InChI=1S/C22H23N3O4S/c1-13(19(27)24-17(11-26)14-7-3-2-4-8-14)23-20(28)18-12-30-22-16-10-6-5-9-15(16)21(29)25(18)22/h2-10,13,17-18,22,26H,11-12H2,1H3,(H,23,28)(H,24,27). The minimum atomic E-state index is -0.806. The van der Waals surface area contributed by atoms with Gasteiger partial charge in [0.25, 0.3) is 5.91 Å². The number of aliphatic hydroxyl groups is 1. The first-order valence-electron chi connectivity index (χ1n) is 9.81. The number of fused-ring (bicyclic) bond motifs is 3. The van der Waals surface area contributed by atoms with E-state index in [1.165, 1.54) is 0 Å². The van der Waals surface area contributed by atoms with E-state index in [-0.39, 0.29) is 23.8 Å². The van der Waals surface area contributed by atoms with Crippen LogP contribution in [0.5, 0.6) is 0 Å². The normalized spacial score (nSPS) is 21.5. The smallest absolute Gasteiger partial charge is 0.256 e. The van der Waals surface area contributed by atoms with Crippen LogP contribution in [0.3, 0.4) is 0 Å². The topological polar surface area (TPSA) is 98.7 Å².